The Kier molecular flexibility index (Phi) is 5.08. The Morgan fingerprint density at radius 1 is 1.32 bits per heavy atom. The third-order valence-electron chi connectivity index (χ3n) is 3.86. The van der Waals surface area contributed by atoms with Crippen molar-refractivity contribution in [3.05, 3.63) is 23.8 Å². The van der Waals surface area contributed by atoms with Gasteiger partial charge in [0.15, 0.2) is 0 Å². The summed E-state index contributed by atoms with van der Waals surface area (Å²) >= 11 is 0. The lowest BCUT2D eigenvalue weighted by Gasteiger charge is -2.14. The van der Waals surface area contributed by atoms with Crippen LogP contribution in [0.3, 0.4) is 0 Å². The monoisotopic (exact) mass is 263 g/mol. The summed E-state index contributed by atoms with van der Waals surface area (Å²) in [5.74, 6) is 2.53. The van der Waals surface area contributed by atoms with E-state index in [2.05, 4.69) is 38.2 Å². The summed E-state index contributed by atoms with van der Waals surface area (Å²) in [6, 6.07) is 6.53. The molecule has 0 aromatic heterocycles. The first-order valence-corrected chi connectivity index (χ1v) is 7.41. The first kappa shape index (κ1) is 14.2. The number of ether oxygens (including phenoxy) is 2. The highest BCUT2D eigenvalue weighted by atomic mass is 16.5. The summed E-state index contributed by atoms with van der Waals surface area (Å²) < 4.78 is 11.6. The molecule has 1 unspecified atom stereocenters. The number of fused-ring (bicyclic) bond motifs is 1. The molecule has 1 aromatic rings. The van der Waals surface area contributed by atoms with Gasteiger partial charge in [-0.2, -0.15) is 0 Å². The quantitative estimate of drug-likeness (QED) is 0.816. The lowest BCUT2D eigenvalue weighted by atomic mass is 10.1. The third kappa shape index (κ3) is 3.41. The first-order valence-electron chi connectivity index (χ1n) is 7.41. The van der Waals surface area contributed by atoms with Gasteiger partial charge in [0.2, 0.25) is 0 Å². The van der Waals surface area contributed by atoms with Gasteiger partial charge in [-0.15, -0.1) is 0 Å². The fourth-order valence-electron chi connectivity index (χ4n) is 2.43. The molecule has 3 heteroatoms. The minimum atomic E-state index is 0.327. The summed E-state index contributed by atoms with van der Waals surface area (Å²) in [6.07, 6.45) is 2.33. The molecule has 2 rings (SSSR count). The first-order chi connectivity index (χ1) is 9.28. The van der Waals surface area contributed by atoms with E-state index in [-0.39, 0.29) is 0 Å². The fourth-order valence-corrected chi connectivity index (χ4v) is 2.43. The highest BCUT2D eigenvalue weighted by Gasteiger charge is 2.23. The van der Waals surface area contributed by atoms with E-state index in [1.165, 1.54) is 18.4 Å². The summed E-state index contributed by atoms with van der Waals surface area (Å²) in [6.45, 7) is 9.02. The molecule has 1 atom stereocenters. The average Bonchev–Trinajstić information content (AvgIpc) is 2.83. The van der Waals surface area contributed by atoms with Crippen LogP contribution in [0, 0.1) is 5.92 Å². The van der Waals surface area contributed by atoms with E-state index in [1.807, 2.05) is 6.07 Å². The Hall–Kier alpha value is -1.22. The van der Waals surface area contributed by atoms with Gasteiger partial charge in [-0.1, -0.05) is 33.6 Å². The molecule has 0 bridgehead atoms. The molecule has 0 spiro atoms. The van der Waals surface area contributed by atoms with Crippen LogP contribution in [-0.4, -0.2) is 19.8 Å². The molecule has 1 aromatic carbocycles. The van der Waals surface area contributed by atoms with Gasteiger partial charge in [0.25, 0.3) is 0 Å². The lowest BCUT2D eigenvalue weighted by Crippen LogP contribution is -2.21. The number of nitrogens with one attached hydrogen (secondary N) is 1. The molecule has 1 aliphatic rings. The Labute approximate surface area is 116 Å². The van der Waals surface area contributed by atoms with Crippen molar-refractivity contribution >= 4 is 0 Å². The second kappa shape index (κ2) is 6.80. The van der Waals surface area contributed by atoms with Crippen molar-refractivity contribution in [2.45, 2.75) is 39.7 Å². The van der Waals surface area contributed by atoms with E-state index in [0.29, 0.717) is 12.0 Å². The predicted molar refractivity (Wildman–Crippen MR) is 77.9 cm³/mol. The largest absolute Gasteiger partial charge is 0.493 e. The van der Waals surface area contributed by atoms with E-state index >= 15 is 0 Å². The summed E-state index contributed by atoms with van der Waals surface area (Å²) in [5.41, 5.74) is 1.25. The molecule has 0 fully saturated rings. The van der Waals surface area contributed by atoms with Gasteiger partial charge in [0, 0.05) is 11.6 Å². The van der Waals surface area contributed by atoms with Crippen LogP contribution in [0.15, 0.2) is 18.2 Å². The van der Waals surface area contributed by atoms with Gasteiger partial charge >= 0.3 is 0 Å². The topological polar surface area (TPSA) is 30.5 Å². The van der Waals surface area contributed by atoms with Gasteiger partial charge in [-0.3, -0.25) is 0 Å². The van der Waals surface area contributed by atoms with E-state index < -0.39 is 0 Å². The van der Waals surface area contributed by atoms with Crippen LogP contribution < -0.4 is 14.8 Å². The van der Waals surface area contributed by atoms with E-state index in [1.54, 1.807) is 0 Å². The number of rotatable bonds is 7. The van der Waals surface area contributed by atoms with Crippen LogP contribution in [0.25, 0.3) is 0 Å². The lowest BCUT2D eigenvalue weighted by molar-refractivity contribution is 0.239. The number of hydrogen-bond donors (Lipinski definition) is 1. The van der Waals surface area contributed by atoms with Gasteiger partial charge in [0.05, 0.1) is 12.6 Å². The Bertz CT molecular complexity index is 402. The Morgan fingerprint density at radius 2 is 2.11 bits per heavy atom. The molecule has 106 valence electrons. The smallest absolute Gasteiger partial charge is 0.127 e. The van der Waals surface area contributed by atoms with Crippen molar-refractivity contribution in [3.63, 3.8) is 0 Å². The van der Waals surface area contributed by atoms with Crippen LogP contribution in [0.1, 0.15) is 45.2 Å². The standard InChI is InChI=1S/C16H25NO2/c1-4-12(5-2)10-18-13-7-8-14-15(17-6-3)11-19-16(14)9-13/h7-9,12,15,17H,4-6,10-11H2,1-3H3. The van der Waals surface area contributed by atoms with E-state index in [9.17, 15) is 0 Å². The molecule has 3 nitrogen and oxygen atoms in total. The van der Waals surface area contributed by atoms with Crippen LogP contribution >= 0.6 is 0 Å². The SMILES string of the molecule is CCNC1COc2cc(OCC(CC)CC)ccc21. The van der Waals surface area contributed by atoms with Crippen LogP contribution in [0.5, 0.6) is 11.5 Å². The summed E-state index contributed by atoms with van der Waals surface area (Å²) in [5, 5.41) is 3.42. The Balaban J connectivity index is 1.98. The van der Waals surface area contributed by atoms with Gasteiger partial charge < -0.3 is 14.8 Å². The average molecular weight is 263 g/mol. The zero-order valence-corrected chi connectivity index (χ0v) is 12.2. The van der Waals surface area contributed by atoms with Crippen LogP contribution in [-0.2, 0) is 0 Å². The molecule has 19 heavy (non-hydrogen) atoms. The number of benzene rings is 1. The second-order valence-corrected chi connectivity index (χ2v) is 5.11. The molecular weight excluding hydrogens is 238 g/mol. The highest BCUT2D eigenvalue weighted by Crippen LogP contribution is 2.35. The van der Waals surface area contributed by atoms with Crippen molar-refractivity contribution in [2.24, 2.45) is 5.92 Å². The normalized spacial score (nSPS) is 17.4. The molecule has 0 saturated carbocycles. The number of likely N-dealkylation sites (N-methyl/N-ethyl adjacent to an activating group) is 1. The molecular formula is C16H25NO2. The van der Waals surface area contributed by atoms with Crippen LogP contribution in [0.4, 0.5) is 0 Å². The minimum Gasteiger partial charge on any atom is -0.493 e. The number of hydrogen-bond acceptors (Lipinski definition) is 3. The van der Waals surface area contributed by atoms with Crippen molar-refractivity contribution in [1.29, 1.82) is 0 Å². The third-order valence-corrected chi connectivity index (χ3v) is 3.86. The van der Waals surface area contributed by atoms with Crippen molar-refractivity contribution in [3.8, 4) is 11.5 Å². The molecule has 1 N–H and O–H groups in total. The molecule has 0 radical (unpaired) electrons. The van der Waals surface area contributed by atoms with Gasteiger partial charge in [0.1, 0.15) is 18.1 Å². The minimum absolute atomic E-state index is 0.327. The maximum absolute atomic E-state index is 5.87. The zero-order valence-electron chi connectivity index (χ0n) is 12.2. The van der Waals surface area contributed by atoms with Crippen molar-refractivity contribution in [2.75, 3.05) is 19.8 Å². The maximum Gasteiger partial charge on any atom is 0.127 e. The predicted octanol–water partition coefficient (Wildman–Crippen LogP) is 3.54. The maximum atomic E-state index is 5.87. The fraction of sp³-hybridized carbons (Fsp3) is 0.625. The van der Waals surface area contributed by atoms with Gasteiger partial charge in [-0.05, 0) is 24.6 Å². The summed E-state index contributed by atoms with van der Waals surface area (Å²) in [7, 11) is 0. The van der Waals surface area contributed by atoms with Gasteiger partial charge in [-0.25, -0.2) is 0 Å². The highest BCUT2D eigenvalue weighted by molar-refractivity contribution is 5.45. The van der Waals surface area contributed by atoms with E-state index in [4.69, 9.17) is 9.47 Å². The Morgan fingerprint density at radius 3 is 2.79 bits per heavy atom. The molecule has 1 aliphatic heterocycles. The zero-order chi connectivity index (χ0) is 13.7. The summed E-state index contributed by atoms with van der Waals surface area (Å²) in [4.78, 5) is 0. The van der Waals surface area contributed by atoms with E-state index in [0.717, 1.165) is 31.3 Å². The molecule has 0 amide bonds. The van der Waals surface area contributed by atoms with Crippen molar-refractivity contribution in [1.82, 2.24) is 5.32 Å². The molecule has 0 saturated heterocycles. The second-order valence-electron chi connectivity index (χ2n) is 5.11. The van der Waals surface area contributed by atoms with Crippen LogP contribution in [0.2, 0.25) is 0 Å². The molecule has 1 heterocycles. The molecule has 0 aliphatic carbocycles. The van der Waals surface area contributed by atoms with Crippen molar-refractivity contribution < 1.29 is 9.47 Å².